The van der Waals surface area contributed by atoms with E-state index in [4.69, 9.17) is 4.74 Å². The minimum Gasteiger partial charge on any atom is -0.497 e. The Hall–Kier alpha value is -2.44. The van der Waals surface area contributed by atoms with Gasteiger partial charge in [-0.25, -0.2) is 0 Å². The minimum absolute atomic E-state index is 0.0467. The Morgan fingerprint density at radius 3 is 2.38 bits per heavy atom. The van der Waals surface area contributed by atoms with E-state index in [9.17, 15) is 19.7 Å². The summed E-state index contributed by atoms with van der Waals surface area (Å²) >= 11 is 0. The maximum absolute atomic E-state index is 11.3. The highest BCUT2D eigenvalue weighted by atomic mass is 16.6. The summed E-state index contributed by atoms with van der Waals surface area (Å²) in [4.78, 5) is 32.8. The van der Waals surface area contributed by atoms with Crippen LogP contribution in [0.2, 0.25) is 0 Å². The van der Waals surface area contributed by atoms with Crippen LogP contribution < -0.4 is 4.74 Å². The zero-order valence-electron chi connectivity index (χ0n) is 11.9. The van der Waals surface area contributed by atoms with Crippen LogP contribution in [0.4, 0.5) is 0 Å². The van der Waals surface area contributed by atoms with Gasteiger partial charge in [-0.05, 0) is 17.7 Å². The molecule has 0 saturated carbocycles. The number of carbonyl (C=O) groups excluding carboxylic acids is 2. The number of hydrogen-bond acceptors (Lipinski definition) is 6. The number of ether oxygens (including phenoxy) is 2. The molecule has 2 atom stereocenters. The summed E-state index contributed by atoms with van der Waals surface area (Å²) in [6.45, 7) is 0. The summed E-state index contributed by atoms with van der Waals surface area (Å²) in [5, 5.41) is 11.2. The molecule has 0 radical (unpaired) electrons. The Morgan fingerprint density at radius 2 is 1.95 bits per heavy atom. The van der Waals surface area contributed by atoms with Gasteiger partial charge >= 0.3 is 5.97 Å². The fraction of sp³-hybridized carbons (Fsp3) is 0.429. The van der Waals surface area contributed by atoms with Crippen LogP contribution in [0.3, 0.4) is 0 Å². The molecule has 0 N–H and O–H groups in total. The Labute approximate surface area is 122 Å². The van der Waals surface area contributed by atoms with Crippen LogP contribution in [0.1, 0.15) is 24.3 Å². The first-order valence-corrected chi connectivity index (χ1v) is 6.31. The molecule has 0 saturated heterocycles. The first-order chi connectivity index (χ1) is 10.0. The van der Waals surface area contributed by atoms with Crippen LogP contribution in [0.5, 0.6) is 5.75 Å². The lowest BCUT2D eigenvalue weighted by Gasteiger charge is -2.19. The molecule has 0 aliphatic rings. The number of carbonyl (C=O) groups is 2. The first-order valence-electron chi connectivity index (χ1n) is 6.31. The molecule has 1 rings (SSSR count). The average Bonchev–Trinajstić information content (AvgIpc) is 2.50. The van der Waals surface area contributed by atoms with Crippen LogP contribution in [0.25, 0.3) is 0 Å². The van der Waals surface area contributed by atoms with Crippen molar-refractivity contribution in [2.75, 3.05) is 14.2 Å². The fourth-order valence-electron chi connectivity index (χ4n) is 2.09. The molecule has 114 valence electrons. The summed E-state index contributed by atoms with van der Waals surface area (Å²) < 4.78 is 9.50. The van der Waals surface area contributed by atoms with Crippen LogP contribution in [-0.4, -0.2) is 37.4 Å². The maximum atomic E-state index is 11.3. The zero-order valence-corrected chi connectivity index (χ0v) is 11.9. The minimum atomic E-state index is -1.21. The van der Waals surface area contributed by atoms with Crippen molar-refractivity contribution in [2.45, 2.75) is 24.8 Å². The molecular weight excluding hydrogens is 278 g/mol. The van der Waals surface area contributed by atoms with E-state index in [1.165, 1.54) is 14.2 Å². The Bertz CT molecular complexity index is 499. The highest BCUT2D eigenvalue weighted by molar-refractivity contribution is 5.70. The van der Waals surface area contributed by atoms with Gasteiger partial charge in [0.15, 0.2) is 0 Å². The standard InChI is InChI=1S/C14H17NO6/c1-20-11-5-3-10(4-6-11)12(7-8-16)13(15(18)19)9-14(17)21-2/h3-6,8,12-13H,7,9H2,1-2H3/t12-,13+/m1/s1. The second-order valence-electron chi connectivity index (χ2n) is 4.41. The molecule has 0 bridgehead atoms. The smallest absolute Gasteiger partial charge is 0.312 e. The highest BCUT2D eigenvalue weighted by Gasteiger charge is 2.35. The van der Waals surface area contributed by atoms with E-state index in [1.54, 1.807) is 24.3 Å². The summed E-state index contributed by atoms with van der Waals surface area (Å²) in [5.41, 5.74) is 0.605. The lowest BCUT2D eigenvalue weighted by molar-refractivity contribution is -0.525. The van der Waals surface area contributed by atoms with Crippen molar-refractivity contribution in [1.82, 2.24) is 0 Å². The lowest BCUT2D eigenvalue weighted by Crippen LogP contribution is -2.31. The van der Waals surface area contributed by atoms with Crippen molar-refractivity contribution in [2.24, 2.45) is 0 Å². The van der Waals surface area contributed by atoms with Crippen molar-refractivity contribution < 1.29 is 24.0 Å². The predicted molar refractivity (Wildman–Crippen MR) is 73.8 cm³/mol. The van der Waals surface area contributed by atoms with Crippen LogP contribution in [0.15, 0.2) is 24.3 Å². The summed E-state index contributed by atoms with van der Waals surface area (Å²) in [7, 11) is 2.68. The Balaban J connectivity index is 3.07. The van der Waals surface area contributed by atoms with E-state index in [-0.39, 0.29) is 12.8 Å². The predicted octanol–water partition coefficient (Wildman–Crippen LogP) is 1.58. The second kappa shape index (κ2) is 7.98. The molecule has 0 heterocycles. The van der Waals surface area contributed by atoms with Crippen molar-refractivity contribution in [3.05, 3.63) is 39.9 Å². The fourth-order valence-corrected chi connectivity index (χ4v) is 2.09. The molecule has 7 heteroatoms. The van der Waals surface area contributed by atoms with E-state index in [1.807, 2.05) is 0 Å². The van der Waals surface area contributed by atoms with Gasteiger partial charge in [0.2, 0.25) is 6.04 Å². The number of hydrogen-bond donors (Lipinski definition) is 0. The third-order valence-electron chi connectivity index (χ3n) is 3.23. The summed E-state index contributed by atoms with van der Waals surface area (Å²) in [5.74, 6) is -0.766. The van der Waals surface area contributed by atoms with Crippen LogP contribution >= 0.6 is 0 Å². The highest BCUT2D eigenvalue weighted by Crippen LogP contribution is 2.28. The van der Waals surface area contributed by atoms with Gasteiger partial charge in [0.1, 0.15) is 18.5 Å². The number of rotatable bonds is 8. The summed E-state index contributed by atoms with van der Waals surface area (Å²) in [6.07, 6.45) is 0.186. The zero-order chi connectivity index (χ0) is 15.8. The molecule has 0 aliphatic heterocycles. The van der Waals surface area contributed by atoms with Crippen molar-refractivity contribution in [1.29, 1.82) is 0 Å². The number of nitro groups is 1. The van der Waals surface area contributed by atoms with Crippen LogP contribution in [-0.2, 0) is 14.3 Å². The molecular formula is C14H17NO6. The van der Waals surface area contributed by atoms with Gasteiger partial charge in [-0.2, -0.15) is 0 Å². The number of benzene rings is 1. The lowest BCUT2D eigenvalue weighted by atomic mass is 9.87. The van der Waals surface area contributed by atoms with Gasteiger partial charge in [0.25, 0.3) is 0 Å². The van der Waals surface area contributed by atoms with Gasteiger partial charge in [-0.3, -0.25) is 14.9 Å². The number of aldehydes is 1. The van der Waals surface area contributed by atoms with Crippen molar-refractivity contribution in [3.63, 3.8) is 0 Å². The van der Waals surface area contributed by atoms with Crippen molar-refractivity contribution >= 4 is 12.3 Å². The monoisotopic (exact) mass is 295 g/mol. The molecule has 0 aliphatic carbocycles. The van der Waals surface area contributed by atoms with Gasteiger partial charge < -0.3 is 14.3 Å². The quantitative estimate of drug-likeness (QED) is 0.313. The van der Waals surface area contributed by atoms with Crippen LogP contribution in [0, 0.1) is 10.1 Å². The largest absolute Gasteiger partial charge is 0.497 e. The second-order valence-corrected chi connectivity index (χ2v) is 4.41. The SMILES string of the molecule is COC(=O)C[C@@H]([C@H](CC=O)c1ccc(OC)cc1)[N+](=O)[O-]. The van der Waals surface area contributed by atoms with E-state index in [0.717, 1.165) is 0 Å². The van der Waals surface area contributed by atoms with Gasteiger partial charge in [0, 0.05) is 11.3 Å². The average molecular weight is 295 g/mol. The number of methoxy groups -OCH3 is 2. The first kappa shape index (κ1) is 16.6. The molecule has 1 aromatic rings. The topological polar surface area (TPSA) is 95.7 Å². The van der Waals surface area contributed by atoms with E-state index >= 15 is 0 Å². The van der Waals surface area contributed by atoms with Gasteiger partial charge in [0.05, 0.1) is 20.1 Å². The number of esters is 1. The Kier molecular flexibility index (Phi) is 6.32. The van der Waals surface area contributed by atoms with Gasteiger partial charge in [-0.15, -0.1) is 0 Å². The van der Waals surface area contributed by atoms with Crippen molar-refractivity contribution in [3.8, 4) is 5.75 Å². The molecule has 7 nitrogen and oxygen atoms in total. The molecule has 0 fully saturated rings. The normalized spacial score (nSPS) is 13.0. The van der Waals surface area contributed by atoms with E-state index in [0.29, 0.717) is 17.6 Å². The van der Waals surface area contributed by atoms with E-state index < -0.39 is 22.9 Å². The third kappa shape index (κ3) is 4.55. The van der Waals surface area contributed by atoms with E-state index in [2.05, 4.69) is 4.74 Å². The molecule has 0 amide bonds. The third-order valence-corrected chi connectivity index (χ3v) is 3.23. The summed E-state index contributed by atoms with van der Waals surface area (Å²) in [6, 6.07) is 5.41. The molecule has 0 aromatic heterocycles. The molecule has 0 spiro atoms. The van der Waals surface area contributed by atoms with Gasteiger partial charge in [-0.1, -0.05) is 12.1 Å². The maximum Gasteiger partial charge on any atom is 0.312 e. The molecule has 0 unspecified atom stereocenters. The molecule has 1 aromatic carbocycles. The Morgan fingerprint density at radius 1 is 1.33 bits per heavy atom. The number of nitrogens with zero attached hydrogens (tertiary/aromatic N) is 1. The molecule has 21 heavy (non-hydrogen) atoms.